The van der Waals surface area contributed by atoms with Crippen LogP contribution in [0.15, 0.2) is 78.9 Å². The Balaban J connectivity index is 1.58. The number of para-hydroxylation sites is 1. The minimum absolute atomic E-state index is 0.0493. The fourth-order valence-corrected chi connectivity index (χ4v) is 4.46. The number of ether oxygens (including phenoxy) is 3. The summed E-state index contributed by atoms with van der Waals surface area (Å²) < 4.78 is 54.9. The molecule has 3 aromatic carbocycles. The second-order valence-corrected chi connectivity index (χ2v) is 11.2. The lowest BCUT2D eigenvalue weighted by Crippen LogP contribution is -2.48. The standard InChI is InChI=1S/C30H33F2N2O9P/c1-41-28(36)24-11-5-6-12-26(24)42-18-8-7-17-33-27(35)25(34-29(37)43-20-22-9-3-2-4-10-22)19-21-13-15-23(16-14-21)30(31,32)44(38,39)40/h2-6,9-16,25H,7-8,17-20H2,1H3,(H,33,35)(H,34,37)(H2,38,39,40). The van der Waals surface area contributed by atoms with Crippen molar-refractivity contribution in [1.29, 1.82) is 0 Å². The molecular formula is C30H33F2N2O9P. The zero-order chi connectivity index (χ0) is 32.2. The number of amides is 2. The third kappa shape index (κ3) is 9.87. The van der Waals surface area contributed by atoms with Gasteiger partial charge in [-0.3, -0.25) is 9.36 Å². The maximum atomic E-state index is 14.0. The molecule has 236 valence electrons. The summed E-state index contributed by atoms with van der Waals surface area (Å²) in [5, 5.41) is 5.20. The Labute approximate surface area is 252 Å². The molecule has 0 heterocycles. The molecule has 0 saturated carbocycles. The van der Waals surface area contributed by atoms with Gasteiger partial charge >= 0.3 is 25.3 Å². The highest BCUT2D eigenvalue weighted by Gasteiger charge is 2.50. The van der Waals surface area contributed by atoms with Gasteiger partial charge in [0.15, 0.2) is 0 Å². The van der Waals surface area contributed by atoms with E-state index in [9.17, 15) is 27.7 Å². The van der Waals surface area contributed by atoms with Gasteiger partial charge in [-0.2, -0.15) is 8.78 Å². The van der Waals surface area contributed by atoms with Crippen molar-refractivity contribution in [3.8, 4) is 5.75 Å². The van der Waals surface area contributed by atoms with Gasteiger partial charge in [0.2, 0.25) is 5.91 Å². The van der Waals surface area contributed by atoms with Crippen LogP contribution in [0.4, 0.5) is 13.6 Å². The lowest BCUT2D eigenvalue weighted by Gasteiger charge is -2.20. The van der Waals surface area contributed by atoms with E-state index < -0.39 is 42.8 Å². The van der Waals surface area contributed by atoms with Gasteiger partial charge in [-0.15, -0.1) is 0 Å². The van der Waals surface area contributed by atoms with Crippen LogP contribution in [0.1, 0.15) is 39.9 Å². The molecule has 0 fully saturated rings. The molecule has 4 N–H and O–H groups in total. The number of unbranched alkanes of at least 4 members (excludes halogenated alkanes) is 1. The van der Waals surface area contributed by atoms with E-state index in [1.165, 1.54) is 19.2 Å². The van der Waals surface area contributed by atoms with E-state index in [1.807, 2.05) is 0 Å². The van der Waals surface area contributed by atoms with Crippen LogP contribution in [0.2, 0.25) is 0 Å². The summed E-state index contributed by atoms with van der Waals surface area (Å²) in [6.45, 7) is 0.417. The van der Waals surface area contributed by atoms with Crippen molar-refractivity contribution in [3.05, 3.63) is 101 Å². The summed E-state index contributed by atoms with van der Waals surface area (Å²) in [4.78, 5) is 55.4. The van der Waals surface area contributed by atoms with E-state index in [4.69, 9.17) is 24.0 Å². The lowest BCUT2D eigenvalue weighted by molar-refractivity contribution is -0.123. The highest BCUT2D eigenvalue weighted by molar-refractivity contribution is 7.52. The van der Waals surface area contributed by atoms with Crippen molar-refractivity contribution in [2.24, 2.45) is 0 Å². The molecule has 44 heavy (non-hydrogen) atoms. The summed E-state index contributed by atoms with van der Waals surface area (Å²) in [7, 11) is -4.48. The van der Waals surface area contributed by atoms with E-state index in [1.54, 1.807) is 54.6 Å². The van der Waals surface area contributed by atoms with Crippen molar-refractivity contribution in [1.82, 2.24) is 10.6 Å². The van der Waals surface area contributed by atoms with Crippen molar-refractivity contribution in [3.63, 3.8) is 0 Å². The fourth-order valence-electron chi connectivity index (χ4n) is 3.98. The summed E-state index contributed by atoms with van der Waals surface area (Å²) in [5.41, 5.74) is -3.91. The number of carbonyl (C=O) groups is 3. The predicted octanol–water partition coefficient (Wildman–Crippen LogP) is 4.51. The molecule has 0 aliphatic heterocycles. The number of esters is 1. The van der Waals surface area contributed by atoms with Crippen LogP contribution in [0.25, 0.3) is 0 Å². The van der Waals surface area contributed by atoms with Gasteiger partial charge < -0.3 is 34.6 Å². The second-order valence-electron chi connectivity index (χ2n) is 9.58. The first-order valence-electron chi connectivity index (χ1n) is 13.5. The molecule has 14 heteroatoms. The zero-order valence-corrected chi connectivity index (χ0v) is 24.7. The molecule has 1 unspecified atom stereocenters. The molecule has 11 nitrogen and oxygen atoms in total. The predicted molar refractivity (Wildman–Crippen MR) is 155 cm³/mol. The van der Waals surface area contributed by atoms with E-state index in [0.717, 1.165) is 17.7 Å². The molecule has 0 saturated heterocycles. The number of nitrogens with one attached hydrogen (secondary N) is 2. The van der Waals surface area contributed by atoms with Crippen LogP contribution >= 0.6 is 7.60 Å². The summed E-state index contributed by atoms with van der Waals surface area (Å²) >= 11 is 0. The summed E-state index contributed by atoms with van der Waals surface area (Å²) in [5.74, 6) is -0.728. The molecule has 2 amide bonds. The van der Waals surface area contributed by atoms with Crippen molar-refractivity contribution >= 4 is 25.6 Å². The SMILES string of the molecule is COC(=O)c1ccccc1OCCCCNC(=O)C(Cc1ccc(C(F)(F)P(=O)(O)O)cc1)NC(=O)OCc1ccccc1. The quantitative estimate of drug-likeness (QED) is 0.107. The summed E-state index contributed by atoms with van der Waals surface area (Å²) in [6, 6.07) is 18.4. The van der Waals surface area contributed by atoms with Crippen molar-refractivity contribution < 1.29 is 51.7 Å². The minimum Gasteiger partial charge on any atom is -0.493 e. The van der Waals surface area contributed by atoms with Crippen LogP contribution in [0, 0.1) is 0 Å². The monoisotopic (exact) mass is 634 g/mol. The van der Waals surface area contributed by atoms with Crippen LogP contribution in [0.3, 0.4) is 0 Å². The molecule has 0 aliphatic carbocycles. The Morgan fingerprint density at radius 1 is 0.909 bits per heavy atom. The maximum Gasteiger partial charge on any atom is 0.408 e. The van der Waals surface area contributed by atoms with E-state index in [2.05, 4.69) is 10.6 Å². The van der Waals surface area contributed by atoms with Crippen LogP contribution in [-0.2, 0) is 37.5 Å². The molecule has 0 bridgehead atoms. The molecule has 1 atom stereocenters. The Morgan fingerprint density at radius 3 is 2.23 bits per heavy atom. The molecular weight excluding hydrogens is 601 g/mol. The lowest BCUT2D eigenvalue weighted by atomic mass is 10.0. The number of hydrogen-bond acceptors (Lipinski definition) is 7. The Kier molecular flexibility index (Phi) is 12.4. The van der Waals surface area contributed by atoms with Gasteiger partial charge in [-0.05, 0) is 36.1 Å². The molecule has 3 aromatic rings. The number of halogens is 2. The normalized spacial score (nSPS) is 12.1. The molecule has 3 rings (SSSR count). The van der Waals surface area contributed by atoms with Crippen LogP contribution < -0.4 is 15.4 Å². The van der Waals surface area contributed by atoms with Gasteiger partial charge in [0.1, 0.15) is 24.0 Å². The Hall–Kier alpha value is -4.32. The van der Waals surface area contributed by atoms with Gasteiger partial charge in [-0.25, -0.2) is 9.59 Å². The number of alkyl halides is 2. The largest absolute Gasteiger partial charge is 0.493 e. The topological polar surface area (TPSA) is 160 Å². The average molecular weight is 635 g/mol. The smallest absolute Gasteiger partial charge is 0.408 e. The van der Waals surface area contributed by atoms with Gasteiger partial charge in [0.05, 0.1) is 13.7 Å². The average Bonchev–Trinajstić information content (AvgIpc) is 3.01. The highest BCUT2D eigenvalue weighted by Crippen LogP contribution is 2.59. The third-order valence-electron chi connectivity index (χ3n) is 6.35. The highest BCUT2D eigenvalue weighted by atomic mass is 31.2. The minimum atomic E-state index is -5.75. The van der Waals surface area contributed by atoms with Gasteiger partial charge in [-0.1, -0.05) is 66.7 Å². The van der Waals surface area contributed by atoms with Gasteiger partial charge in [0, 0.05) is 18.5 Å². The first-order valence-corrected chi connectivity index (χ1v) is 15.1. The molecule has 0 aliphatic rings. The van der Waals surface area contributed by atoms with Crippen molar-refractivity contribution in [2.45, 2.75) is 37.6 Å². The second kappa shape index (κ2) is 15.9. The number of benzene rings is 3. The molecule has 0 spiro atoms. The number of carbonyl (C=O) groups excluding carboxylic acids is 3. The Bertz CT molecular complexity index is 1450. The zero-order valence-electron chi connectivity index (χ0n) is 23.8. The molecule has 0 aromatic heterocycles. The molecule has 0 radical (unpaired) electrons. The number of hydrogen-bond donors (Lipinski definition) is 4. The van der Waals surface area contributed by atoms with E-state index >= 15 is 0 Å². The first-order chi connectivity index (χ1) is 20.9. The fraction of sp³-hybridized carbons (Fsp3) is 0.300. The summed E-state index contributed by atoms with van der Waals surface area (Å²) in [6.07, 6.45) is 0.00370. The van der Waals surface area contributed by atoms with E-state index in [0.29, 0.717) is 24.2 Å². The third-order valence-corrected chi connectivity index (χ3v) is 7.34. The Morgan fingerprint density at radius 2 is 1.57 bits per heavy atom. The van der Waals surface area contributed by atoms with Crippen LogP contribution in [0.5, 0.6) is 5.75 Å². The maximum absolute atomic E-state index is 14.0. The number of rotatable bonds is 15. The number of methoxy groups -OCH3 is 1. The van der Waals surface area contributed by atoms with Crippen molar-refractivity contribution in [2.75, 3.05) is 20.3 Å². The van der Waals surface area contributed by atoms with Gasteiger partial charge in [0.25, 0.3) is 0 Å². The first kappa shape index (κ1) is 34.2. The van der Waals surface area contributed by atoms with E-state index in [-0.39, 0.29) is 31.7 Å². The number of alkyl carbamates (subject to hydrolysis) is 1. The van der Waals surface area contributed by atoms with Crippen LogP contribution in [-0.4, -0.2) is 54.1 Å².